The van der Waals surface area contributed by atoms with Gasteiger partial charge < -0.3 is 14.7 Å². The van der Waals surface area contributed by atoms with Crippen LogP contribution in [0.2, 0.25) is 10.0 Å². The molecule has 3 unspecified atom stereocenters. The molecule has 0 bridgehead atoms. The second-order valence-corrected chi connectivity index (χ2v) is 8.98. The molecule has 176 valence electrons. The maximum Gasteiger partial charge on any atom is 0.328 e. The summed E-state index contributed by atoms with van der Waals surface area (Å²) >= 11 is 12.4. The molecule has 1 fully saturated rings. The number of esters is 1. The summed E-state index contributed by atoms with van der Waals surface area (Å²) in [6.07, 6.45) is 0.324. The van der Waals surface area contributed by atoms with E-state index in [1.54, 1.807) is 25.1 Å². The van der Waals surface area contributed by atoms with Gasteiger partial charge in [-0.2, -0.15) is 0 Å². The number of carbonyl (C=O) groups is 3. The molecule has 1 heterocycles. The molecule has 33 heavy (non-hydrogen) atoms. The van der Waals surface area contributed by atoms with Crippen molar-refractivity contribution >= 4 is 41.0 Å². The van der Waals surface area contributed by atoms with E-state index in [0.717, 1.165) is 11.1 Å². The van der Waals surface area contributed by atoms with E-state index in [0.29, 0.717) is 22.9 Å². The number of amides is 1. The Balaban J connectivity index is 2.20. The molecule has 2 aromatic carbocycles. The summed E-state index contributed by atoms with van der Waals surface area (Å²) in [4.78, 5) is 39.7. The highest BCUT2D eigenvalue weighted by molar-refractivity contribution is 6.30. The Morgan fingerprint density at radius 2 is 1.79 bits per heavy atom. The fraction of sp³-hybridized carbons (Fsp3) is 0.400. The van der Waals surface area contributed by atoms with Crippen molar-refractivity contribution in [2.24, 2.45) is 5.92 Å². The molecule has 0 radical (unpaired) electrons. The molecule has 6 nitrogen and oxygen atoms in total. The van der Waals surface area contributed by atoms with E-state index in [1.807, 2.05) is 37.3 Å². The molecule has 0 spiro atoms. The highest BCUT2D eigenvalue weighted by Gasteiger charge is 2.48. The Morgan fingerprint density at radius 1 is 1.09 bits per heavy atom. The molecule has 1 aliphatic heterocycles. The van der Waals surface area contributed by atoms with E-state index < -0.39 is 29.9 Å². The van der Waals surface area contributed by atoms with Crippen LogP contribution in [0.15, 0.2) is 48.5 Å². The summed E-state index contributed by atoms with van der Waals surface area (Å²) < 4.78 is 5.28. The second-order valence-electron chi connectivity index (χ2n) is 8.11. The van der Waals surface area contributed by atoms with Crippen molar-refractivity contribution in [3.8, 4) is 0 Å². The van der Waals surface area contributed by atoms with Crippen LogP contribution in [0.3, 0.4) is 0 Å². The molecule has 1 amide bonds. The van der Waals surface area contributed by atoms with Crippen molar-refractivity contribution in [2.75, 3.05) is 6.61 Å². The molecule has 0 aliphatic carbocycles. The lowest BCUT2D eigenvalue weighted by Crippen LogP contribution is -2.54. The number of carbonyl (C=O) groups excluding carboxylic acids is 2. The van der Waals surface area contributed by atoms with Crippen LogP contribution in [0.25, 0.3) is 0 Å². The number of likely N-dealkylation sites (tertiary alicyclic amines) is 1. The average molecular weight is 492 g/mol. The number of ether oxygens (including phenoxy) is 1. The van der Waals surface area contributed by atoms with Gasteiger partial charge in [0.15, 0.2) is 0 Å². The van der Waals surface area contributed by atoms with E-state index in [1.165, 1.54) is 4.90 Å². The zero-order valence-electron chi connectivity index (χ0n) is 18.5. The second kappa shape index (κ2) is 11.0. The highest BCUT2D eigenvalue weighted by Crippen LogP contribution is 2.47. The molecule has 0 aromatic heterocycles. The number of benzene rings is 2. The number of nitrogens with zero attached hydrogens (tertiary/aromatic N) is 1. The summed E-state index contributed by atoms with van der Waals surface area (Å²) in [5.41, 5.74) is 1.67. The Morgan fingerprint density at radius 3 is 2.36 bits per heavy atom. The third-order valence-corrected chi connectivity index (χ3v) is 6.50. The largest absolute Gasteiger partial charge is 0.481 e. The zero-order valence-corrected chi connectivity index (χ0v) is 20.1. The average Bonchev–Trinajstić information content (AvgIpc) is 2.77. The van der Waals surface area contributed by atoms with E-state index in [4.69, 9.17) is 27.9 Å². The molecular formula is C25H27Cl2NO5. The van der Waals surface area contributed by atoms with Gasteiger partial charge in [0.25, 0.3) is 0 Å². The zero-order chi connectivity index (χ0) is 24.1. The van der Waals surface area contributed by atoms with E-state index in [-0.39, 0.29) is 24.9 Å². The van der Waals surface area contributed by atoms with E-state index in [2.05, 4.69) is 0 Å². The van der Waals surface area contributed by atoms with Crippen molar-refractivity contribution < 1.29 is 24.2 Å². The molecule has 0 saturated carbocycles. The van der Waals surface area contributed by atoms with Crippen molar-refractivity contribution in [2.45, 2.75) is 51.1 Å². The Kier molecular flexibility index (Phi) is 8.38. The van der Waals surface area contributed by atoms with Crippen LogP contribution in [-0.2, 0) is 19.1 Å². The minimum Gasteiger partial charge on any atom is -0.481 e. The van der Waals surface area contributed by atoms with Gasteiger partial charge in [0.2, 0.25) is 5.91 Å². The van der Waals surface area contributed by atoms with E-state index in [9.17, 15) is 19.5 Å². The molecular weight excluding hydrogens is 465 g/mol. The SMILES string of the molecule is CCOC(=O)C(CC)N1C(=O)C(CC(=O)O)CC(c2cccc(Cl)c2)[C@H]1c1ccc(Cl)cc1. The fourth-order valence-electron chi connectivity index (χ4n) is 4.63. The minimum atomic E-state index is -1.06. The molecule has 1 aliphatic rings. The van der Waals surface area contributed by atoms with Gasteiger partial charge in [0.1, 0.15) is 6.04 Å². The summed E-state index contributed by atoms with van der Waals surface area (Å²) in [5, 5.41) is 10.6. The van der Waals surface area contributed by atoms with Gasteiger partial charge in [0, 0.05) is 21.9 Å². The molecule has 8 heteroatoms. The minimum absolute atomic E-state index is 0.180. The van der Waals surface area contributed by atoms with Crippen molar-refractivity contribution in [1.82, 2.24) is 4.90 Å². The van der Waals surface area contributed by atoms with E-state index >= 15 is 0 Å². The number of rotatable bonds is 8. The number of carboxylic acids is 1. The Bertz CT molecular complexity index is 1010. The van der Waals surface area contributed by atoms with Gasteiger partial charge in [-0.05, 0) is 55.2 Å². The first-order chi connectivity index (χ1) is 15.8. The number of aliphatic carboxylic acids is 1. The molecule has 1 saturated heterocycles. The summed E-state index contributed by atoms with van der Waals surface area (Å²) in [6, 6.07) is 13.1. The molecule has 2 aromatic rings. The smallest absolute Gasteiger partial charge is 0.328 e. The first kappa shape index (κ1) is 25.1. The molecule has 1 N–H and O–H groups in total. The van der Waals surface area contributed by atoms with Gasteiger partial charge in [-0.15, -0.1) is 0 Å². The lowest BCUT2D eigenvalue weighted by molar-refractivity contribution is -0.163. The highest BCUT2D eigenvalue weighted by atomic mass is 35.5. The maximum absolute atomic E-state index is 13.7. The first-order valence-electron chi connectivity index (χ1n) is 11.0. The van der Waals surface area contributed by atoms with Crippen LogP contribution in [-0.4, -0.2) is 40.5 Å². The van der Waals surface area contributed by atoms with Gasteiger partial charge in [0.05, 0.1) is 19.1 Å². The third kappa shape index (κ3) is 5.68. The number of hydrogen-bond donors (Lipinski definition) is 1. The fourth-order valence-corrected chi connectivity index (χ4v) is 4.96. The van der Waals surface area contributed by atoms with Gasteiger partial charge in [-0.1, -0.05) is 54.4 Å². The van der Waals surface area contributed by atoms with Crippen molar-refractivity contribution in [3.63, 3.8) is 0 Å². The predicted molar refractivity (Wildman–Crippen MR) is 126 cm³/mol. The maximum atomic E-state index is 13.7. The number of hydrogen-bond acceptors (Lipinski definition) is 4. The Hall–Kier alpha value is -2.57. The van der Waals surface area contributed by atoms with Crippen LogP contribution in [0, 0.1) is 5.92 Å². The lowest BCUT2D eigenvalue weighted by Gasteiger charge is -2.47. The van der Waals surface area contributed by atoms with Crippen LogP contribution >= 0.6 is 23.2 Å². The summed E-state index contributed by atoms with van der Waals surface area (Å²) in [7, 11) is 0. The van der Waals surface area contributed by atoms with Crippen molar-refractivity contribution in [3.05, 3.63) is 69.7 Å². The van der Waals surface area contributed by atoms with Crippen LogP contribution in [0.4, 0.5) is 0 Å². The quantitative estimate of drug-likeness (QED) is 0.494. The standard InChI is InChI=1S/C25H27Cl2NO5/c1-3-21(25(32)33-4-2)28-23(15-8-10-18(26)11-9-15)20(16-6-5-7-19(27)12-16)13-17(24(28)31)14-22(29)30/h5-12,17,20-21,23H,3-4,13-14H2,1-2H3,(H,29,30)/t17?,20?,21?,23-/m1/s1. The monoisotopic (exact) mass is 491 g/mol. The van der Waals surface area contributed by atoms with Gasteiger partial charge in [-0.3, -0.25) is 9.59 Å². The molecule has 4 atom stereocenters. The van der Waals surface area contributed by atoms with Crippen LogP contribution < -0.4 is 0 Å². The van der Waals surface area contributed by atoms with Gasteiger partial charge in [-0.25, -0.2) is 4.79 Å². The topological polar surface area (TPSA) is 83.9 Å². The van der Waals surface area contributed by atoms with Crippen molar-refractivity contribution in [1.29, 1.82) is 0 Å². The first-order valence-corrected chi connectivity index (χ1v) is 11.7. The normalized spacial score (nSPS) is 21.5. The number of carboxylic acid groups (broad SMARTS) is 1. The van der Waals surface area contributed by atoms with Gasteiger partial charge >= 0.3 is 11.9 Å². The third-order valence-electron chi connectivity index (χ3n) is 6.01. The summed E-state index contributed by atoms with van der Waals surface area (Å²) in [6.45, 7) is 3.70. The Labute approximate surface area is 203 Å². The lowest BCUT2D eigenvalue weighted by atomic mass is 9.74. The molecule has 3 rings (SSSR count). The van der Waals surface area contributed by atoms with Crippen LogP contribution in [0.1, 0.15) is 56.2 Å². The predicted octanol–water partition coefficient (Wildman–Crippen LogP) is 5.48. The van der Waals surface area contributed by atoms with Crippen LogP contribution in [0.5, 0.6) is 0 Å². The number of piperidine rings is 1. The number of halogens is 2. The summed E-state index contributed by atoms with van der Waals surface area (Å²) in [5.74, 6) is -3.00.